The molecule has 1 saturated heterocycles. The molecule has 0 N–H and O–H groups in total. The maximum Gasteiger partial charge on any atom is 0.266 e. The molecule has 7 heteroatoms. The molecule has 0 spiro atoms. The first-order chi connectivity index (χ1) is 14.0. The van der Waals surface area contributed by atoms with E-state index in [4.69, 9.17) is 4.98 Å². The highest BCUT2D eigenvalue weighted by molar-refractivity contribution is 7.99. The van der Waals surface area contributed by atoms with Gasteiger partial charge in [-0.15, -0.1) is 0 Å². The smallest absolute Gasteiger partial charge is 0.266 e. The average molecular weight is 407 g/mol. The van der Waals surface area contributed by atoms with E-state index >= 15 is 0 Å². The normalized spacial score (nSPS) is 14.2. The number of rotatable bonds is 5. The van der Waals surface area contributed by atoms with E-state index in [-0.39, 0.29) is 30.2 Å². The SMILES string of the molecule is Cc1cccc(C)c1-n1c(SCCN2C(=O)CCC2=O)nc2ccccc2c1=O. The Kier molecular flexibility index (Phi) is 5.24. The van der Waals surface area contributed by atoms with Crippen molar-refractivity contribution in [2.24, 2.45) is 0 Å². The van der Waals surface area contributed by atoms with Gasteiger partial charge in [0.25, 0.3) is 5.56 Å². The molecule has 4 rings (SSSR count). The molecule has 0 saturated carbocycles. The molecule has 29 heavy (non-hydrogen) atoms. The Balaban J connectivity index is 1.77. The summed E-state index contributed by atoms with van der Waals surface area (Å²) < 4.78 is 1.66. The van der Waals surface area contributed by atoms with Crippen LogP contribution in [0.3, 0.4) is 0 Å². The van der Waals surface area contributed by atoms with Crippen LogP contribution < -0.4 is 5.56 Å². The van der Waals surface area contributed by atoms with E-state index in [0.29, 0.717) is 28.4 Å². The third kappa shape index (κ3) is 3.58. The molecule has 2 amide bonds. The molecule has 1 aromatic heterocycles. The molecule has 0 atom stereocenters. The summed E-state index contributed by atoms with van der Waals surface area (Å²) in [6, 6.07) is 13.2. The van der Waals surface area contributed by atoms with E-state index in [0.717, 1.165) is 16.8 Å². The van der Waals surface area contributed by atoms with Crippen LogP contribution in [0.2, 0.25) is 0 Å². The Morgan fingerprint density at radius 1 is 0.931 bits per heavy atom. The fourth-order valence-electron chi connectivity index (χ4n) is 3.67. The van der Waals surface area contributed by atoms with Gasteiger partial charge in [0.15, 0.2) is 5.16 Å². The van der Waals surface area contributed by atoms with Crippen LogP contribution in [-0.4, -0.2) is 38.6 Å². The topological polar surface area (TPSA) is 72.3 Å². The zero-order valence-corrected chi connectivity index (χ0v) is 17.2. The number of hydrogen-bond donors (Lipinski definition) is 0. The van der Waals surface area contributed by atoms with Crippen molar-refractivity contribution in [3.63, 3.8) is 0 Å². The first-order valence-electron chi connectivity index (χ1n) is 9.52. The lowest BCUT2D eigenvalue weighted by atomic mass is 10.1. The van der Waals surface area contributed by atoms with E-state index in [1.165, 1.54) is 16.7 Å². The van der Waals surface area contributed by atoms with Crippen LogP contribution in [0.15, 0.2) is 52.4 Å². The van der Waals surface area contributed by atoms with Crippen LogP contribution >= 0.6 is 11.8 Å². The number of carbonyl (C=O) groups is 2. The standard InChI is InChI=1S/C22H21N3O3S/c1-14-6-5-7-15(2)20(14)25-21(28)16-8-3-4-9-17(16)23-22(25)29-13-12-24-18(26)10-11-19(24)27/h3-9H,10-13H2,1-2H3. The third-order valence-corrected chi connectivity index (χ3v) is 6.03. The Bertz CT molecular complexity index is 1150. The molecular weight excluding hydrogens is 386 g/mol. The van der Waals surface area contributed by atoms with Crippen molar-refractivity contribution in [1.29, 1.82) is 0 Å². The van der Waals surface area contributed by atoms with E-state index in [1.54, 1.807) is 10.6 Å². The predicted molar refractivity (Wildman–Crippen MR) is 113 cm³/mol. The van der Waals surface area contributed by atoms with Gasteiger partial charge in [-0.3, -0.25) is 23.9 Å². The molecule has 148 valence electrons. The number of aryl methyl sites for hydroxylation is 2. The largest absolute Gasteiger partial charge is 0.282 e. The fourth-order valence-corrected chi connectivity index (χ4v) is 4.59. The second-order valence-corrected chi connectivity index (χ2v) is 8.14. The molecule has 0 radical (unpaired) electrons. The number of para-hydroxylation sites is 2. The molecule has 0 bridgehead atoms. The van der Waals surface area contributed by atoms with Gasteiger partial charge in [0.05, 0.1) is 16.6 Å². The Hall–Kier alpha value is -2.93. The second-order valence-electron chi connectivity index (χ2n) is 7.08. The van der Waals surface area contributed by atoms with Gasteiger partial charge in [0.1, 0.15) is 0 Å². The number of nitrogens with zero attached hydrogens (tertiary/aromatic N) is 3. The van der Waals surface area contributed by atoms with Crippen LogP contribution in [-0.2, 0) is 9.59 Å². The van der Waals surface area contributed by atoms with E-state index in [9.17, 15) is 14.4 Å². The molecule has 1 aliphatic rings. The van der Waals surface area contributed by atoms with E-state index < -0.39 is 0 Å². The molecule has 2 aromatic carbocycles. The van der Waals surface area contributed by atoms with Crippen molar-refractivity contribution in [3.8, 4) is 5.69 Å². The number of imide groups is 1. The zero-order chi connectivity index (χ0) is 20.5. The molecule has 3 aromatic rings. The molecule has 6 nitrogen and oxygen atoms in total. The minimum absolute atomic E-state index is 0.121. The third-order valence-electron chi connectivity index (χ3n) is 5.11. The minimum Gasteiger partial charge on any atom is -0.282 e. The van der Waals surface area contributed by atoms with Gasteiger partial charge in [-0.2, -0.15) is 0 Å². The number of hydrogen-bond acceptors (Lipinski definition) is 5. The van der Waals surface area contributed by atoms with E-state index in [2.05, 4.69) is 0 Å². The highest BCUT2D eigenvalue weighted by atomic mass is 32.2. The van der Waals surface area contributed by atoms with E-state index in [1.807, 2.05) is 50.2 Å². The van der Waals surface area contributed by atoms with Gasteiger partial charge in [0.2, 0.25) is 11.8 Å². The summed E-state index contributed by atoms with van der Waals surface area (Å²) in [5.41, 5.74) is 3.30. The van der Waals surface area contributed by atoms with Crippen molar-refractivity contribution >= 4 is 34.5 Å². The average Bonchev–Trinajstić information content (AvgIpc) is 3.02. The van der Waals surface area contributed by atoms with Crippen LogP contribution in [0.4, 0.5) is 0 Å². The van der Waals surface area contributed by atoms with Crippen molar-refractivity contribution in [1.82, 2.24) is 14.5 Å². The summed E-state index contributed by atoms with van der Waals surface area (Å²) in [6.45, 7) is 4.26. The quantitative estimate of drug-likeness (QED) is 0.369. The van der Waals surface area contributed by atoms with Crippen LogP contribution in [0.25, 0.3) is 16.6 Å². The number of aromatic nitrogens is 2. The molecular formula is C22H21N3O3S. The number of carbonyl (C=O) groups excluding carboxylic acids is 2. The summed E-state index contributed by atoms with van der Waals surface area (Å²) in [7, 11) is 0. The Labute approximate surface area is 172 Å². The van der Waals surface area contributed by atoms with Gasteiger partial charge in [0, 0.05) is 25.1 Å². The highest BCUT2D eigenvalue weighted by Crippen LogP contribution is 2.26. The monoisotopic (exact) mass is 407 g/mol. The summed E-state index contributed by atoms with van der Waals surface area (Å²) >= 11 is 1.38. The molecule has 0 unspecified atom stereocenters. The lowest BCUT2D eigenvalue weighted by molar-refractivity contribution is -0.137. The van der Waals surface area contributed by atoms with Crippen LogP contribution in [0.5, 0.6) is 0 Å². The zero-order valence-electron chi connectivity index (χ0n) is 16.3. The number of likely N-dealkylation sites (tertiary alicyclic amines) is 1. The molecule has 2 heterocycles. The van der Waals surface area contributed by atoms with Gasteiger partial charge in [-0.05, 0) is 37.1 Å². The number of amides is 2. The number of fused-ring (bicyclic) bond motifs is 1. The van der Waals surface area contributed by atoms with Crippen molar-refractivity contribution in [2.75, 3.05) is 12.3 Å². The summed E-state index contributed by atoms with van der Waals surface area (Å²) in [5, 5.41) is 1.12. The Morgan fingerprint density at radius 3 is 2.28 bits per heavy atom. The lowest BCUT2D eigenvalue weighted by Crippen LogP contribution is -2.31. The first-order valence-corrected chi connectivity index (χ1v) is 10.5. The summed E-state index contributed by atoms with van der Waals surface area (Å²) in [5.74, 6) is 0.219. The number of benzene rings is 2. The molecule has 1 fully saturated rings. The maximum absolute atomic E-state index is 13.4. The molecule has 0 aliphatic carbocycles. The fraction of sp³-hybridized carbons (Fsp3) is 0.273. The maximum atomic E-state index is 13.4. The van der Waals surface area contributed by atoms with Crippen molar-refractivity contribution in [3.05, 3.63) is 63.9 Å². The van der Waals surface area contributed by atoms with Crippen LogP contribution in [0.1, 0.15) is 24.0 Å². The summed E-state index contributed by atoms with van der Waals surface area (Å²) in [6.07, 6.45) is 0.565. The van der Waals surface area contributed by atoms with Gasteiger partial charge in [-0.25, -0.2) is 4.98 Å². The minimum atomic E-state index is -0.130. The highest BCUT2D eigenvalue weighted by Gasteiger charge is 2.28. The predicted octanol–water partition coefficient (Wildman–Crippen LogP) is 3.24. The van der Waals surface area contributed by atoms with Gasteiger partial charge in [-0.1, -0.05) is 42.1 Å². The summed E-state index contributed by atoms with van der Waals surface area (Å²) in [4.78, 5) is 43.1. The first kappa shape index (κ1) is 19.4. The number of thioether (sulfide) groups is 1. The van der Waals surface area contributed by atoms with Gasteiger partial charge < -0.3 is 0 Å². The van der Waals surface area contributed by atoms with Gasteiger partial charge >= 0.3 is 0 Å². The molecule has 1 aliphatic heterocycles. The lowest BCUT2D eigenvalue weighted by Gasteiger charge is -2.18. The van der Waals surface area contributed by atoms with Crippen LogP contribution in [0, 0.1) is 13.8 Å². The van der Waals surface area contributed by atoms with Crippen molar-refractivity contribution < 1.29 is 9.59 Å². The Morgan fingerprint density at radius 2 is 1.59 bits per heavy atom. The second kappa shape index (κ2) is 7.83. The van der Waals surface area contributed by atoms with Crippen molar-refractivity contribution in [2.45, 2.75) is 31.8 Å².